The fourth-order valence-corrected chi connectivity index (χ4v) is 3.15. The fourth-order valence-electron chi connectivity index (χ4n) is 3.15. The Morgan fingerprint density at radius 3 is 2.46 bits per heavy atom. The molecule has 3 fully saturated rings. The van der Waals surface area contributed by atoms with Crippen molar-refractivity contribution in [2.24, 2.45) is 29.4 Å². The molecule has 4 atom stereocenters. The lowest BCUT2D eigenvalue weighted by Gasteiger charge is -2.45. The van der Waals surface area contributed by atoms with E-state index >= 15 is 0 Å². The largest absolute Gasteiger partial charge is 0.481 e. The van der Waals surface area contributed by atoms with Gasteiger partial charge in [-0.05, 0) is 50.0 Å². The van der Waals surface area contributed by atoms with E-state index in [2.05, 4.69) is 0 Å². The molecular weight excluding hydrogens is 166 g/mol. The van der Waals surface area contributed by atoms with Gasteiger partial charge in [0.2, 0.25) is 0 Å². The summed E-state index contributed by atoms with van der Waals surface area (Å²) in [6.07, 6.45) is 4.24. The second-order valence-corrected chi connectivity index (χ2v) is 4.51. The predicted molar refractivity (Wildman–Crippen MR) is 49.1 cm³/mol. The third-order valence-corrected chi connectivity index (χ3v) is 3.93. The van der Waals surface area contributed by atoms with E-state index in [-0.39, 0.29) is 5.92 Å². The van der Waals surface area contributed by atoms with Crippen molar-refractivity contribution >= 4 is 5.97 Å². The van der Waals surface area contributed by atoms with Gasteiger partial charge in [0.1, 0.15) is 0 Å². The minimum atomic E-state index is -0.592. The number of hydrogen-bond acceptors (Lipinski definition) is 2. The molecule has 0 aliphatic heterocycles. The lowest BCUT2D eigenvalue weighted by molar-refractivity contribution is -0.148. The van der Waals surface area contributed by atoms with Gasteiger partial charge in [0.05, 0.1) is 5.92 Å². The molecule has 3 nitrogen and oxygen atoms in total. The van der Waals surface area contributed by atoms with E-state index < -0.39 is 5.97 Å². The Kier molecular flexibility index (Phi) is 2.28. The van der Waals surface area contributed by atoms with E-state index in [0.29, 0.717) is 17.8 Å². The highest BCUT2D eigenvalue weighted by Gasteiger charge is 2.43. The zero-order valence-electron chi connectivity index (χ0n) is 7.78. The summed E-state index contributed by atoms with van der Waals surface area (Å²) >= 11 is 0. The Bertz CT molecular complexity index is 217. The van der Waals surface area contributed by atoms with E-state index in [1.54, 1.807) is 0 Å². The average molecular weight is 183 g/mol. The van der Waals surface area contributed by atoms with E-state index in [9.17, 15) is 4.79 Å². The van der Waals surface area contributed by atoms with Crippen molar-refractivity contribution in [1.82, 2.24) is 0 Å². The molecule has 3 N–H and O–H groups in total. The molecule has 0 aromatic carbocycles. The summed E-state index contributed by atoms with van der Waals surface area (Å²) in [6.45, 7) is 0.744. The van der Waals surface area contributed by atoms with E-state index in [1.807, 2.05) is 0 Å². The Labute approximate surface area is 78.3 Å². The summed E-state index contributed by atoms with van der Waals surface area (Å²) in [5.74, 6) is 0.952. The second-order valence-electron chi connectivity index (χ2n) is 4.51. The molecule has 3 aliphatic rings. The topological polar surface area (TPSA) is 63.3 Å². The van der Waals surface area contributed by atoms with Crippen LogP contribution in [0.4, 0.5) is 0 Å². The van der Waals surface area contributed by atoms with Crippen LogP contribution in [0.25, 0.3) is 0 Å². The molecule has 3 saturated carbocycles. The lowest BCUT2D eigenvalue weighted by atomic mass is 9.60. The molecule has 0 spiro atoms. The van der Waals surface area contributed by atoms with Gasteiger partial charge in [0, 0.05) is 0 Å². The monoisotopic (exact) mass is 183 g/mol. The highest BCUT2D eigenvalue weighted by molar-refractivity contribution is 5.70. The van der Waals surface area contributed by atoms with Crippen LogP contribution in [0.1, 0.15) is 25.7 Å². The molecule has 0 aromatic heterocycles. The summed E-state index contributed by atoms with van der Waals surface area (Å²) in [7, 11) is 0. The molecule has 0 aromatic rings. The SMILES string of the molecule is NCC1CC2CCC1CC2C(=O)O. The standard InChI is InChI=1S/C10H17NO2/c11-5-8-3-7-2-1-6(8)4-9(7)10(12)13/h6-9H,1-5,11H2,(H,12,13). The molecule has 3 heteroatoms. The summed E-state index contributed by atoms with van der Waals surface area (Å²) < 4.78 is 0. The summed E-state index contributed by atoms with van der Waals surface area (Å²) in [4.78, 5) is 10.9. The van der Waals surface area contributed by atoms with Crippen LogP contribution in [0, 0.1) is 23.7 Å². The van der Waals surface area contributed by atoms with Gasteiger partial charge in [-0.3, -0.25) is 4.79 Å². The average Bonchev–Trinajstić information content (AvgIpc) is 2.18. The smallest absolute Gasteiger partial charge is 0.306 e. The molecule has 0 saturated heterocycles. The first-order valence-corrected chi connectivity index (χ1v) is 5.15. The zero-order valence-corrected chi connectivity index (χ0v) is 7.78. The maximum atomic E-state index is 10.9. The zero-order chi connectivity index (χ0) is 9.42. The molecule has 4 unspecified atom stereocenters. The normalized spacial score (nSPS) is 43.5. The van der Waals surface area contributed by atoms with Gasteiger partial charge in [-0.1, -0.05) is 0 Å². The molecule has 0 heterocycles. The highest BCUT2D eigenvalue weighted by atomic mass is 16.4. The molecule has 3 aliphatic carbocycles. The Morgan fingerprint density at radius 2 is 2.00 bits per heavy atom. The van der Waals surface area contributed by atoms with E-state index in [1.165, 1.54) is 6.42 Å². The summed E-state index contributed by atoms with van der Waals surface area (Å²) in [5, 5.41) is 8.99. The van der Waals surface area contributed by atoms with Crippen LogP contribution in [-0.2, 0) is 4.79 Å². The molecule has 2 bridgehead atoms. The van der Waals surface area contributed by atoms with Crippen LogP contribution < -0.4 is 5.73 Å². The van der Waals surface area contributed by atoms with Crippen LogP contribution >= 0.6 is 0 Å². The minimum Gasteiger partial charge on any atom is -0.481 e. The number of aliphatic carboxylic acids is 1. The maximum Gasteiger partial charge on any atom is 0.306 e. The first-order valence-electron chi connectivity index (χ1n) is 5.15. The number of carboxylic acid groups (broad SMARTS) is 1. The van der Waals surface area contributed by atoms with Crippen molar-refractivity contribution in [3.63, 3.8) is 0 Å². The van der Waals surface area contributed by atoms with Crippen LogP contribution in [-0.4, -0.2) is 17.6 Å². The number of nitrogens with two attached hydrogens (primary N) is 1. The quantitative estimate of drug-likeness (QED) is 0.673. The van der Waals surface area contributed by atoms with Crippen LogP contribution in [0.15, 0.2) is 0 Å². The number of carboxylic acids is 1. The fraction of sp³-hybridized carbons (Fsp3) is 0.900. The third kappa shape index (κ3) is 1.46. The summed E-state index contributed by atoms with van der Waals surface area (Å²) in [6, 6.07) is 0. The maximum absolute atomic E-state index is 10.9. The van der Waals surface area contributed by atoms with Gasteiger partial charge in [0.15, 0.2) is 0 Å². The Hall–Kier alpha value is -0.570. The number of carbonyl (C=O) groups is 1. The van der Waals surface area contributed by atoms with Gasteiger partial charge in [-0.25, -0.2) is 0 Å². The molecule has 13 heavy (non-hydrogen) atoms. The molecule has 3 rings (SSSR count). The van der Waals surface area contributed by atoms with Gasteiger partial charge >= 0.3 is 5.97 Å². The van der Waals surface area contributed by atoms with Crippen molar-refractivity contribution in [3.05, 3.63) is 0 Å². The Balaban J connectivity index is 2.07. The van der Waals surface area contributed by atoms with Crippen LogP contribution in [0.3, 0.4) is 0 Å². The molecular formula is C10H17NO2. The minimum absolute atomic E-state index is 0.0680. The molecule has 0 radical (unpaired) electrons. The van der Waals surface area contributed by atoms with E-state index in [4.69, 9.17) is 10.8 Å². The number of rotatable bonds is 2. The van der Waals surface area contributed by atoms with Crippen molar-refractivity contribution in [1.29, 1.82) is 0 Å². The Morgan fingerprint density at radius 1 is 1.31 bits per heavy atom. The highest BCUT2D eigenvalue weighted by Crippen LogP contribution is 2.47. The van der Waals surface area contributed by atoms with Crippen molar-refractivity contribution in [2.45, 2.75) is 25.7 Å². The third-order valence-electron chi connectivity index (χ3n) is 3.93. The van der Waals surface area contributed by atoms with Crippen molar-refractivity contribution in [3.8, 4) is 0 Å². The number of hydrogen-bond donors (Lipinski definition) is 2. The van der Waals surface area contributed by atoms with Crippen molar-refractivity contribution in [2.75, 3.05) is 6.54 Å². The van der Waals surface area contributed by atoms with Crippen LogP contribution in [0.5, 0.6) is 0 Å². The first-order chi connectivity index (χ1) is 6.22. The van der Waals surface area contributed by atoms with Gasteiger partial charge < -0.3 is 10.8 Å². The molecule has 74 valence electrons. The van der Waals surface area contributed by atoms with Crippen LogP contribution in [0.2, 0.25) is 0 Å². The van der Waals surface area contributed by atoms with Gasteiger partial charge in [-0.15, -0.1) is 0 Å². The summed E-state index contributed by atoms with van der Waals surface area (Å²) in [5.41, 5.74) is 5.66. The van der Waals surface area contributed by atoms with Gasteiger partial charge in [0.25, 0.3) is 0 Å². The van der Waals surface area contributed by atoms with Gasteiger partial charge in [-0.2, -0.15) is 0 Å². The lowest BCUT2D eigenvalue weighted by Crippen LogP contribution is -2.43. The number of fused-ring (bicyclic) bond motifs is 3. The predicted octanol–water partition coefficient (Wildman–Crippen LogP) is 1.08. The first kappa shape index (κ1) is 9.00. The van der Waals surface area contributed by atoms with E-state index in [0.717, 1.165) is 25.8 Å². The molecule has 0 amide bonds. The van der Waals surface area contributed by atoms with Crippen molar-refractivity contribution < 1.29 is 9.90 Å². The second kappa shape index (κ2) is 3.29.